The van der Waals surface area contributed by atoms with E-state index in [1.165, 1.54) is 20.3 Å². The van der Waals surface area contributed by atoms with Crippen molar-refractivity contribution in [2.45, 2.75) is 51.2 Å². The highest BCUT2D eigenvalue weighted by atomic mass is 16.5. The summed E-state index contributed by atoms with van der Waals surface area (Å²) >= 11 is 0. The van der Waals surface area contributed by atoms with Gasteiger partial charge in [-0.2, -0.15) is 0 Å². The SMILES string of the molecule is CC[C@]12CCCN(/C=C/C(=O)OC)CCc3c(n(c4ccccc34)[C@@](O)(C(=O)OC)C1)C2. The third kappa shape index (κ3) is 3.68. The molecule has 0 saturated heterocycles. The Labute approximate surface area is 188 Å². The van der Waals surface area contributed by atoms with Crippen LogP contribution in [0.4, 0.5) is 0 Å². The molecule has 0 amide bonds. The van der Waals surface area contributed by atoms with Gasteiger partial charge in [0.1, 0.15) is 0 Å². The third-order valence-electron chi connectivity index (χ3n) is 7.31. The van der Waals surface area contributed by atoms with Crippen molar-refractivity contribution in [3.05, 3.63) is 47.8 Å². The second kappa shape index (κ2) is 8.62. The zero-order valence-electron chi connectivity index (χ0n) is 19.1. The van der Waals surface area contributed by atoms with Crippen LogP contribution >= 0.6 is 0 Å². The molecule has 1 N–H and O–H groups in total. The summed E-state index contributed by atoms with van der Waals surface area (Å²) in [5.41, 5.74) is 1.09. The lowest BCUT2D eigenvalue weighted by Gasteiger charge is -2.46. The fourth-order valence-corrected chi connectivity index (χ4v) is 5.60. The summed E-state index contributed by atoms with van der Waals surface area (Å²) in [5, 5.41) is 12.9. The molecular formula is C25H32N2O5. The average Bonchev–Trinajstić information content (AvgIpc) is 3.13. The Kier molecular flexibility index (Phi) is 6.03. The van der Waals surface area contributed by atoms with Crippen LogP contribution < -0.4 is 0 Å². The number of ether oxygens (including phenoxy) is 2. The number of nitrogens with zero attached hydrogens (tertiary/aromatic N) is 2. The first-order valence-electron chi connectivity index (χ1n) is 11.3. The predicted molar refractivity (Wildman–Crippen MR) is 121 cm³/mol. The van der Waals surface area contributed by atoms with Crippen molar-refractivity contribution in [1.82, 2.24) is 9.47 Å². The van der Waals surface area contributed by atoms with E-state index in [1.807, 2.05) is 29.0 Å². The van der Waals surface area contributed by atoms with Crippen LogP contribution in [-0.2, 0) is 37.6 Å². The van der Waals surface area contributed by atoms with E-state index >= 15 is 0 Å². The van der Waals surface area contributed by atoms with Gasteiger partial charge in [-0.15, -0.1) is 0 Å². The Hall–Kier alpha value is -2.80. The number of esters is 2. The maximum Gasteiger partial charge on any atom is 0.359 e. The van der Waals surface area contributed by atoms with Gasteiger partial charge in [0, 0.05) is 42.9 Å². The van der Waals surface area contributed by atoms with Crippen molar-refractivity contribution in [2.24, 2.45) is 5.41 Å². The molecule has 2 atom stereocenters. The zero-order chi connectivity index (χ0) is 22.9. The molecule has 0 fully saturated rings. The number of hydrogen-bond donors (Lipinski definition) is 1. The van der Waals surface area contributed by atoms with Gasteiger partial charge in [0.05, 0.1) is 19.7 Å². The number of carbonyl (C=O) groups is 2. The number of benzene rings is 1. The van der Waals surface area contributed by atoms with Crippen molar-refractivity contribution in [1.29, 1.82) is 0 Å². The van der Waals surface area contributed by atoms with Gasteiger partial charge in [-0.3, -0.25) is 0 Å². The van der Waals surface area contributed by atoms with Crippen LogP contribution in [0.5, 0.6) is 0 Å². The summed E-state index contributed by atoms with van der Waals surface area (Å²) in [6, 6.07) is 7.94. The Morgan fingerprint density at radius 2 is 1.97 bits per heavy atom. The minimum atomic E-state index is -1.72. The molecule has 2 aliphatic heterocycles. The van der Waals surface area contributed by atoms with Crippen LogP contribution in [0.2, 0.25) is 0 Å². The molecule has 3 heterocycles. The Bertz CT molecular complexity index is 1060. The van der Waals surface area contributed by atoms with E-state index < -0.39 is 11.7 Å². The van der Waals surface area contributed by atoms with Crippen LogP contribution in [0.3, 0.4) is 0 Å². The first kappa shape index (κ1) is 22.4. The molecule has 7 heteroatoms. The number of rotatable bonds is 4. The number of aliphatic hydroxyl groups is 1. The largest absolute Gasteiger partial charge is 0.466 e. The highest BCUT2D eigenvalue weighted by Gasteiger charge is 2.52. The van der Waals surface area contributed by atoms with Crippen LogP contribution in [0.1, 0.15) is 43.9 Å². The molecule has 0 radical (unpaired) electrons. The first-order chi connectivity index (χ1) is 15.4. The van der Waals surface area contributed by atoms with Gasteiger partial charge >= 0.3 is 11.9 Å². The molecule has 7 nitrogen and oxygen atoms in total. The number of para-hydroxylation sites is 1. The van der Waals surface area contributed by atoms with E-state index in [-0.39, 0.29) is 11.4 Å². The van der Waals surface area contributed by atoms with Crippen molar-refractivity contribution in [2.75, 3.05) is 27.3 Å². The number of methoxy groups -OCH3 is 2. The third-order valence-corrected chi connectivity index (χ3v) is 7.31. The van der Waals surface area contributed by atoms with E-state index in [2.05, 4.69) is 17.9 Å². The molecule has 172 valence electrons. The van der Waals surface area contributed by atoms with Gasteiger partial charge in [-0.05, 0) is 49.1 Å². The van der Waals surface area contributed by atoms with Gasteiger partial charge < -0.3 is 24.0 Å². The second-order valence-corrected chi connectivity index (χ2v) is 9.02. The Balaban J connectivity index is 1.87. The van der Waals surface area contributed by atoms with E-state index in [0.717, 1.165) is 67.4 Å². The molecule has 1 aromatic heterocycles. The van der Waals surface area contributed by atoms with Gasteiger partial charge in [0.2, 0.25) is 5.72 Å². The highest BCUT2D eigenvalue weighted by Crippen LogP contribution is 2.50. The standard InChI is InChI=1S/C25H32N2O5/c1-4-24-12-7-13-26(15-11-22(28)31-2)14-10-19-18-8-5-6-9-20(18)27(21(19)16-24)25(30,17-24)23(29)32-3/h5-6,8-9,11,15,30H,4,7,10,12-14,16-17H2,1-3H3/b15-11+/t24-,25+/m1/s1. The van der Waals surface area contributed by atoms with Crippen LogP contribution in [-0.4, -0.2) is 53.8 Å². The molecule has 0 spiro atoms. The Morgan fingerprint density at radius 1 is 1.19 bits per heavy atom. The average molecular weight is 441 g/mol. The van der Waals surface area contributed by atoms with Gasteiger partial charge in [0.15, 0.2) is 0 Å². The minimum absolute atomic E-state index is 0.211. The van der Waals surface area contributed by atoms with E-state index in [4.69, 9.17) is 9.47 Å². The lowest BCUT2D eigenvalue weighted by Crippen LogP contribution is -2.52. The molecule has 2 aromatic rings. The van der Waals surface area contributed by atoms with Crippen molar-refractivity contribution >= 4 is 22.8 Å². The normalized spacial score (nSPS) is 25.7. The molecule has 1 aromatic carbocycles. The highest BCUT2D eigenvalue weighted by molar-refractivity contribution is 5.89. The molecular weight excluding hydrogens is 408 g/mol. The second-order valence-electron chi connectivity index (χ2n) is 9.02. The molecule has 4 rings (SSSR count). The van der Waals surface area contributed by atoms with Crippen molar-refractivity contribution < 1.29 is 24.2 Å². The fraction of sp³-hybridized carbons (Fsp3) is 0.520. The zero-order valence-corrected chi connectivity index (χ0v) is 19.1. The summed E-state index contributed by atoms with van der Waals surface area (Å²) in [6.45, 7) is 3.65. The maximum atomic E-state index is 13.0. The van der Waals surface area contributed by atoms with E-state index in [0.29, 0.717) is 6.42 Å². The quantitative estimate of drug-likeness (QED) is 0.581. The maximum absolute atomic E-state index is 13.0. The fourth-order valence-electron chi connectivity index (χ4n) is 5.60. The predicted octanol–water partition coefficient (Wildman–Crippen LogP) is 3.13. The smallest absolute Gasteiger partial charge is 0.359 e. The molecule has 2 bridgehead atoms. The van der Waals surface area contributed by atoms with E-state index in [1.54, 1.807) is 0 Å². The molecule has 0 unspecified atom stereocenters. The number of aromatic nitrogens is 1. The Morgan fingerprint density at radius 3 is 2.69 bits per heavy atom. The molecule has 32 heavy (non-hydrogen) atoms. The summed E-state index contributed by atoms with van der Waals surface area (Å²) in [7, 11) is 2.71. The van der Waals surface area contributed by atoms with Crippen molar-refractivity contribution in [3.63, 3.8) is 0 Å². The summed E-state index contributed by atoms with van der Waals surface area (Å²) in [6.07, 6.45) is 7.79. The number of fused-ring (bicyclic) bond motifs is 4. The van der Waals surface area contributed by atoms with Crippen LogP contribution in [0.25, 0.3) is 10.9 Å². The van der Waals surface area contributed by atoms with Crippen LogP contribution in [0.15, 0.2) is 36.5 Å². The van der Waals surface area contributed by atoms with Gasteiger partial charge in [-0.25, -0.2) is 9.59 Å². The first-order valence-corrected chi connectivity index (χ1v) is 11.3. The number of hydrogen-bond acceptors (Lipinski definition) is 6. The number of carbonyl (C=O) groups excluding carboxylic acids is 2. The van der Waals surface area contributed by atoms with Gasteiger partial charge in [-0.1, -0.05) is 25.1 Å². The lowest BCUT2D eigenvalue weighted by atomic mass is 9.68. The molecule has 0 saturated carbocycles. The summed E-state index contributed by atoms with van der Waals surface area (Å²) < 4.78 is 11.7. The van der Waals surface area contributed by atoms with Crippen LogP contribution in [0, 0.1) is 5.41 Å². The molecule has 2 aliphatic rings. The van der Waals surface area contributed by atoms with Crippen molar-refractivity contribution in [3.8, 4) is 0 Å². The summed E-state index contributed by atoms with van der Waals surface area (Å²) in [5.74, 6) is -0.977. The van der Waals surface area contributed by atoms with E-state index in [9.17, 15) is 14.7 Å². The van der Waals surface area contributed by atoms with Gasteiger partial charge in [0.25, 0.3) is 0 Å². The minimum Gasteiger partial charge on any atom is -0.466 e. The topological polar surface area (TPSA) is 81.0 Å². The lowest BCUT2D eigenvalue weighted by molar-refractivity contribution is -0.184. The molecule has 0 aliphatic carbocycles. The summed E-state index contributed by atoms with van der Waals surface area (Å²) in [4.78, 5) is 26.7. The monoisotopic (exact) mass is 440 g/mol.